The highest BCUT2D eigenvalue weighted by molar-refractivity contribution is 7.08. The summed E-state index contributed by atoms with van der Waals surface area (Å²) in [6.07, 6.45) is 0. The van der Waals surface area contributed by atoms with Gasteiger partial charge >= 0.3 is 0 Å². The van der Waals surface area contributed by atoms with Crippen molar-refractivity contribution in [1.29, 1.82) is 0 Å². The first-order chi connectivity index (χ1) is 12.1. The molecule has 3 aromatic heterocycles. The number of nitrogens with zero attached hydrogens (tertiary/aromatic N) is 4. The predicted molar refractivity (Wildman–Crippen MR) is 98.5 cm³/mol. The minimum Gasteiger partial charge on any atom is -0.367 e. The highest BCUT2D eigenvalue weighted by Gasteiger charge is 2.10. The molecule has 0 atom stereocenters. The Bertz CT molecular complexity index is 854. The van der Waals surface area contributed by atoms with Crippen LogP contribution in [0.4, 0.5) is 5.82 Å². The van der Waals surface area contributed by atoms with Gasteiger partial charge in [0.1, 0.15) is 5.82 Å². The molecule has 3 heterocycles. The van der Waals surface area contributed by atoms with Gasteiger partial charge in [-0.1, -0.05) is 0 Å². The van der Waals surface area contributed by atoms with Crippen molar-refractivity contribution in [1.82, 2.24) is 25.3 Å². The first-order valence-corrected chi connectivity index (χ1v) is 8.91. The Morgan fingerprint density at radius 2 is 2.00 bits per heavy atom. The molecule has 8 heteroatoms. The molecule has 0 fully saturated rings. The van der Waals surface area contributed by atoms with Gasteiger partial charge in [-0.05, 0) is 49.9 Å². The SMILES string of the molecule is Cc1nn(-c2ccc(NCCNC(=O)c3ccsc3)nn2)c(C)c1C. The minimum atomic E-state index is -0.0654. The smallest absolute Gasteiger partial charge is 0.252 e. The summed E-state index contributed by atoms with van der Waals surface area (Å²) in [4.78, 5) is 11.8. The van der Waals surface area contributed by atoms with Crippen molar-refractivity contribution < 1.29 is 4.79 Å². The summed E-state index contributed by atoms with van der Waals surface area (Å²) in [7, 11) is 0. The number of aromatic nitrogens is 4. The van der Waals surface area contributed by atoms with E-state index in [4.69, 9.17) is 0 Å². The van der Waals surface area contributed by atoms with Gasteiger partial charge in [-0.3, -0.25) is 4.79 Å². The van der Waals surface area contributed by atoms with E-state index in [1.807, 2.05) is 43.7 Å². The van der Waals surface area contributed by atoms with Gasteiger partial charge in [0.05, 0.1) is 5.69 Å². The van der Waals surface area contributed by atoms with Crippen molar-refractivity contribution in [2.75, 3.05) is 18.4 Å². The van der Waals surface area contributed by atoms with Gasteiger partial charge in [-0.15, -0.1) is 10.2 Å². The average Bonchev–Trinajstić information content (AvgIpc) is 3.24. The van der Waals surface area contributed by atoms with E-state index < -0.39 is 0 Å². The predicted octanol–water partition coefficient (Wildman–Crippen LogP) is 2.49. The summed E-state index contributed by atoms with van der Waals surface area (Å²) >= 11 is 1.50. The second kappa shape index (κ2) is 7.43. The fourth-order valence-electron chi connectivity index (χ4n) is 2.34. The normalized spacial score (nSPS) is 10.7. The van der Waals surface area contributed by atoms with Crippen LogP contribution in [0.2, 0.25) is 0 Å². The van der Waals surface area contributed by atoms with Crippen molar-refractivity contribution >= 4 is 23.1 Å². The molecule has 2 N–H and O–H groups in total. The molecule has 0 unspecified atom stereocenters. The van der Waals surface area contributed by atoms with E-state index in [1.165, 1.54) is 11.3 Å². The van der Waals surface area contributed by atoms with Gasteiger partial charge in [-0.2, -0.15) is 16.4 Å². The molecular weight excluding hydrogens is 336 g/mol. The molecule has 0 aromatic carbocycles. The third kappa shape index (κ3) is 3.85. The fourth-order valence-corrected chi connectivity index (χ4v) is 2.97. The highest BCUT2D eigenvalue weighted by Crippen LogP contribution is 2.15. The second-order valence-electron chi connectivity index (χ2n) is 5.68. The van der Waals surface area contributed by atoms with Gasteiger partial charge in [0.25, 0.3) is 5.91 Å². The number of nitrogens with one attached hydrogen (secondary N) is 2. The Hall–Kier alpha value is -2.74. The topological polar surface area (TPSA) is 84.7 Å². The Morgan fingerprint density at radius 3 is 2.60 bits per heavy atom. The van der Waals surface area contributed by atoms with Crippen LogP contribution in [0.15, 0.2) is 29.0 Å². The lowest BCUT2D eigenvalue weighted by molar-refractivity contribution is 0.0955. The maximum atomic E-state index is 11.8. The number of hydrogen-bond donors (Lipinski definition) is 2. The second-order valence-corrected chi connectivity index (χ2v) is 6.46. The molecule has 0 aliphatic rings. The van der Waals surface area contributed by atoms with Gasteiger partial charge in [0.2, 0.25) is 0 Å². The van der Waals surface area contributed by atoms with Crippen LogP contribution in [-0.2, 0) is 0 Å². The maximum Gasteiger partial charge on any atom is 0.252 e. The summed E-state index contributed by atoms with van der Waals surface area (Å²) in [6.45, 7) is 7.12. The van der Waals surface area contributed by atoms with E-state index in [1.54, 1.807) is 10.7 Å². The van der Waals surface area contributed by atoms with Crippen LogP contribution in [0.25, 0.3) is 5.82 Å². The number of carbonyl (C=O) groups excluding carboxylic acids is 1. The maximum absolute atomic E-state index is 11.8. The van der Waals surface area contributed by atoms with Crippen molar-refractivity contribution in [2.45, 2.75) is 20.8 Å². The lowest BCUT2D eigenvalue weighted by Gasteiger charge is -2.07. The van der Waals surface area contributed by atoms with Crippen LogP contribution >= 0.6 is 11.3 Å². The average molecular weight is 356 g/mol. The molecule has 0 saturated carbocycles. The number of aryl methyl sites for hydroxylation is 1. The zero-order chi connectivity index (χ0) is 17.8. The number of thiophene rings is 1. The minimum absolute atomic E-state index is 0.0654. The van der Waals surface area contributed by atoms with E-state index in [0.717, 1.165) is 17.0 Å². The summed E-state index contributed by atoms with van der Waals surface area (Å²) in [6, 6.07) is 5.53. The molecule has 25 heavy (non-hydrogen) atoms. The van der Waals surface area contributed by atoms with Crippen LogP contribution in [0, 0.1) is 20.8 Å². The Morgan fingerprint density at radius 1 is 1.16 bits per heavy atom. The van der Waals surface area contributed by atoms with Gasteiger partial charge in [0.15, 0.2) is 5.82 Å². The Kier molecular flexibility index (Phi) is 5.08. The van der Waals surface area contributed by atoms with Gasteiger partial charge < -0.3 is 10.6 Å². The molecule has 0 aliphatic heterocycles. The molecule has 3 aromatic rings. The van der Waals surface area contributed by atoms with Crippen molar-refractivity contribution in [3.8, 4) is 5.82 Å². The van der Waals surface area contributed by atoms with Crippen molar-refractivity contribution in [3.63, 3.8) is 0 Å². The van der Waals surface area contributed by atoms with Crippen LogP contribution < -0.4 is 10.6 Å². The molecule has 0 saturated heterocycles. The zero-order valence-corrected chi connectivity index (χ0v) is 15.2. The summed E-state index contributed by atoms with van der Waals surface area (Å²) < 4.78 is 1.79. The molecule has 3 rings (SSSR count). The monoisotopic (exact) mass is 356 g/mol. The molecule has 7 nitrogen and oxygen atoms in total. The van der Waals surface area contributed by atoms with Gasteiger partial charge in [-0.25, -0.2) is 4.68 Å². The van der Waals surface area contributed by atoms with Crippen LogP contribution in [0.1, 0.15) is 27.3 Å². The largest absolute Gasteiger partial charge is 0.367 e. The first-order valence-electron chi connectivity index (χ1n) is 7.97. The summed E-state index contributed by atoms with van der Waals surface area (Å²) in [5, 5.41) is 22.6. The number of amides is 1. The number of anilines is 1. The molecule has 130 valence electrons. The molecule has 0 radical (unpaired) electrons. The molecule has 0 spiro atoms. The number of rotatable bonds is 6. The molecule has 0 aliphatic carbocycles. The number of hydrogen-bond acceptors (Lipinski definition) is 6. The van der Waals surface area contributed by atoms with E-state index >= 15 is 0 Å². The van der Waals surface area contributed by atoms with Crippen LogP contribution in [0.5, 0.6) is 0 Å². The lowest BCUT2D eigenvalue weighted by atomic mass is 10.2. The standard InChI is InChI=1S/C17H20N6OS/c1-11-12(2)22-23(13(11)3)16-5-4-15(20-21-16)18-7-8-19-17(24)14-6-9-25-10-14/h4-6,9-10H,7-8H2,1-3H3,(H,18,20)(H,19,24). The third-order valence-electron chi connectivity index (χ3n) is 4.02. The van der Waals surface area contributed by atoms with E-state index in [2.05, 4.69) is 25.9 Å². The first kappa shape index (κ1) is 17.1. The summed E-state index contributed by atoms with van der Waals surface area (Å²) in [5.41, 5.74) is 3.89. The van der Waals surface area contributed by atoms with Crippen LogP contribution in [-0.4, -0.2) is 39.0 Å². The lowest BCUT2D eigenvalue weighted by Crippen LogP contribution is -2.28. The van der Waals surface area contributed by atoms with Crippen LogP contribution in [0.3, 0.4) is 0 Å². The number of carbonyl (C=O) groups is 1. The van der Waals surface area contributed by atoms with E-state index in [0.29, 0.717) is 30.3 Å². The van der Waals surface area contributed by atoms with E-state index in [9.17, 15) is 4.79 Å². The zero-order valence-electron chi connectivity index (χ0n) is 14.4. The third-order valence-corrected chi connectivity index (χ3v) is 4.70. The van der Waals surface area contributed by atoms with E-state index in [-0.39, 0.29) is 5.91 Å². The molecule has 1 amide bonds. The van der Waals surface area contributed by atoms with Crippen molar-refractivity contribution in [3.05, 3.63) is 51.5 Å². The quantitative estimate of drug-likeness (QED) is 0.663. The van der Waals surface area contributed by atoms with Gasteiger partial charge in [0, 0.05) is 29.7 Å². The molecule has 0 bridgehead atoms. The molecular formula is C17H20N6OS. The Balaban J connectivity index is 1.53. The summed E-state index contributed by atoms with van der Waals surface area (Å²) in [5.74, 6) is 1.28. The van der Waals surface area contributed by atoms with Crippen molar-refractivity contribution in [2.24, 2.45) is 0 Å². The highest BCUT2D eigenvalue weighted by atomic mass is 32.1. The fraction of sp³-hybridized carbons (Fsp3) is 0.294. The Labute approximate surface area is 150 Å².